The number of thiophene rings is 1. The monoisotopic (exact) mass is 1100 g/mol. The molecule has 8 rings (SSSR count). The average molecular weight is 1100 g/mol. The molecule has 0 unspecified atom stereocenters. The van der Waals surface area contributed by atoms with Gasteiger partial charge >= 0.3 is 5.97 Å². The van der Waals surface area contributed by atoms with Crippen molar-refractivity contribution in [2.45, 2.75) is 82.8 Å². The summed E-state index contributed by atoms with van der Waals surface area (Å²) in [7, 11) is 3.71. The molecule has 1 aliphatic carbocycles. The van der Waals surface area contributed by atoms with Gasteiger partial charge in [0.05, 0.1) is 62.4 Å². The third-order valence-electron chi connectivity index (χ3n) is 14.0. The molecule has 0 spiro atoms. The van der Waals surface area contributed by atoms with Crippen molar-refractivity contribution in [1.82, 2.24) is 29.7 Å². The molecule has 2 aliphatic heterocycles. The number of carboxylic acid groups (broad SMARTS) is 1. The maximum absolute atomic E-state index is 15.9. The van der Waals surface area contributed by atoms with Gasteiger partial charge in [-0.2, -0.15) is 0 Å². The molecule has 5 aromatic rings. The maximum atomic E-state index is 15.9. The molecule has 2 bridgehead atoms. The number of nitrogens with zero attached hydrogens (tertiary/aromatic N) is 6. The van der Waals surface area contributed by atoms with Crippen LogP contribution in [-0.2, 0) is 41.5 Å². The summed E-state index contributed by atoms with van der Waals surface area (Å²) in [6, 6.07) is 13.1. The smallest absolute Gasteiger partial charge is 0.345 e. The lowest BCUT2D eigenvalue weighted by Gasteiger charge is -2.34. The van der Waals surface area contributed by atoms with Gasteiger partial charge in [-0.1, -0.05) is 30.7 Å². The van der Waals surface area contributed by atoms with E-state index in [-0.39, 0.29) is 55.4 Å². The van der Waals surface area contributed by atoms with E-state index in [0.29, 0.717) is 127 Å². The van der Waals surface area contributed by atoms with Crippen molar-refractivity contribution in [3.05, 3.63) is 106 Å². The zero-order chi connectivity index (χ0) is 54.3. The number of alkyl halides is 1. The second-order valence-electron chi connectivity index (χ2n) is 19.4. The molecule has 20 heteroatoms. The number of likely N-dealkylation sites (N-methyl/N-ethyl adjacent to an activating group) is 1. The quantitative estimate of drug-likeness (QED) is 0.0578. The SMILES string of the molecule is C#C/C1=C(Cl)\C(C)=C(/CC)c2c(-c3ccc(F)cc3)sc3ncnc(c23)O[C@@H](C(=O)O)Cc2cc(ccc2OCc2ccnc(C3CCC(F)(COCCOCCOCCOC)CC3)n2)OC[C@@H](CN2CCN(C)CC2)O1. The number of hydrogen-bond acceptors (Lipinski definition) is 16. The van der Waals surface area contributed by atoms with Crippen LogP contribution in [0.4, 0.5) is 8.78 Å². The number of terminal acetylenes is 1. The zero-order valence-corrected chi connectivity index (χ0v) is 45.6. The Kier molecular flexibility index (Phi) is 20.6. The fraction of sp³-hybridized carbons (Fsp3) is 0.491. The van der Waals surface area contributed by atoms with E-state index in [2.05, 4.69) is 37.7 Å². The van der Waals surface area contributed by atoms with Crippen LogP contribution in [0.2, 0.25) is 0 Å². The number of carboxylic acids is 1. The van der Waals surface area contributed by atoms with Gasteiger partial charge < -0.3 is 47.9 Å². The fourth-order valence-electron chi connectivity index (χ4n) is 9.64. The van der Waals surface area contributed by atoms with E-state index < -0.39 is 29.7 Å². The highest BCUT2D eigenvalue weighted by Crippen LogP contribution is 2.48. The number of methoxy groups -OCH3 is 1. The Bertz CT molecular complexity index is 2890. The van der Waals surface area contributed by atoms with Gasteiger partial charge in [0.2, 0.25) is 12.0 Å². The zero-order valence-electron chi connectivity index (χ0n) is 44.1. The molecule has 1 saturated carbocycles. The normalized spacial score (nSPS) is 22.9. The first kappa shape index (κ1) is 57.4. The second-order valence-corrected chi connectivity index (χ2v) is 20.8. The second kappa shape index (κ2) is 27.7. The number of aromatic nitrogens is 4. The molecular weight excluding hydrogens is 1030 g/mol. The van der Waals surface area contributed by atoms with Crippen LogP contribution in [0.15, 0.2) is 77.4 Å². The first-order valence-corrected chi connectivity index (χ1v) is 27.2. The van der Waals surface area contributed by atoms with Gasteiger partial charge in [-0.15, -0.1) is 17.8 Å². The van der Waals surface area contributed by atoms with Crippen LogP contribution in [0.3, 0.4) is 0 Å². The Morgan fingerprint density at radius 3 is 2.40 bits per heavy atom. The van der Waals surface area contributed by atoms with Gasteiger partial charge in [0.25, 0.3) is 0 Å². The molecule has 3 aliphatic rings. The molecule has 16 nitrogen and oxygen atoms in total. The number of ether oxygens (including phenoxy) is 8. The van der Waals surface area contributed by atoms with Crippen molar-refractivity contribution in [3.8, 4) is 40.2 Å². The molecule has 0 radical (unpaired) electrons. The minimum Gasteiger partial charge on any atom is -0.490 e. The van der Waals surface area contributed by atoms with Crippen molar-refractivity contribution in [2.24, 2.45) is 0 Å². The predicted molar refractivity (Wildman–Crippen MR) is 290 cm³/mol. The summed E-state index contributed by atoms with van der Waals surface area (Å²) in [5.74, 6) is 2.53. The Morgan fingerprint density at radius 1 is 0.974 bits per heavy atom. The number of halogens is 3. The van der Waals surface area contributed by atoms with E-state index in [1.165, 1.54) is 29.8 Å². The Balaban J connectivity index is 1.06. The number of carbonyl (C=O) groups is 1. The molecule has 3 aromatic heterocycles. The molecule has 2 aromatic carbocycles. The Morgan fingerprint density at radius 2 is 1.70 bits per heavy atom. The van der Waals surface area contributed by atoms with Crippen LogP contribution in [0.5, 0.6) is 17.4 Å². The largest absolute Gasteiger partial charge is 0.490 e. The van der Waals surface area contributed by atoms with Crippen LogP contribution in [-0.4, -0.2) is 158 Å². The van der Waals surface area contributed by atoms with E-state index in [4.69, 9.17) is 60.9 Å². The van der Waals surface area contributed by atoms with E-state index in [9.17, 15) is 14.3 Å². The fourth-order valence-corrected chi connectivity index (χ4v) is 11.0. The standard InChI is InChI=1S/C57H67ClF2N6O10S/c1-6-45-37(3)51(58)46(7-2)75-44(32-66-22-20-65(4)21-23-66)34-73-43-12-13-47(40(30-43)31-48(56(67)68)76-54-50-49(45)52(77-55(50)63-36-62-54)38-8-10-41(59)11-9-38)74-33-42-16-19-61-53(64-42)39-14-17-57(60,18-15-39)35-72-29-28-71-27-26-70-25-24-69-5/h2,8-13,16,19,30,36,39,44,48H,6,14-15,17-18,20-29,31-35H2,1,3-5H3,(H,67,68)/b45-37+,51-46-/t39?,44-,48-,57?/m1/s1. The summed E-state index contributed by atoms with van der Waals surface area (Å²) in [6.07, 6.45) is 9.11. The first-order chi connectivity index (χ1) is 37.3. The van der Waals surface area contributed by atoms with E-state index in [1.807, 2.05) is 13.8 Å². The summed E-state index contributed by atoms with van der Waals surface area (Å²) < 4.78 is 78.0. The number of allylic oxidation sites excluding steroid dienone is 4. The maximum Gasteiger partial charge on any atom is 0.345 e. The molecule has 1 N–H and O–H groups in total. The Labute approximate surface area is 457 Å². The highest BCUT2D eigenvalue weighted by molar-refractivity contribution is 7.22. The molecule has 0 amide bonds. The van der Waals surface area contributed by atoms with Gasteiger partial charge in [-0.05, 0) is 105 Å². The van der Waals surface area contributed by atoms with E-state index in [1.54, 1.807) is 49.7 Å². The lowest BCUT2D eigenvalue weighted by molar-refractivity contribution is -0.145. The number of rotatable bonds is 20. The third kappa shape index (κ3) is 15.3. The van der Waals surface area contributed by atoms with Crippen LogP contribution in [0.1, 0.15) is 74.5 Å². The van der Waals surface area contributed by atoms with Crippen LogP contribution >= 0.6 is 22.9 Å². The minimum absolute atomic E-state index is 0.0142. The first-order valence-electron chi connectivity index (χ1n) is 26.0. The highest BCUT2D eigenvalue weighted by atomic mass is 35.5. The Hall–Kier alpha value is -5.82. The number of benzene rings is 2. The van der Waals surface area contributed by atoms with Gasteiger partial charge in [0.15, 0.2) is 5.76 Å². The molecule has 2 atom stereocenters. The summed E-state index contributed by atoms with van der Waals surface area (Å²) in [6.45, 7) is 10.3. The van der Waals surface area contributed by atoms with Crippen molar-refractivity contribution in [2.75, 3.05) is 99.7 Å². The van der Waals surface area contributed by atoms with Crippen molar-refractivity contribution in [1.29, 1.82) is 0 Å². The number of fused-ring (bicyclic) bond motifs is 2. The average Bonchev–Trinajstić information content (AvgIpc) is 3.84. The molecule has 77 heavy (non-hydrogen) atoms. The topological polar surface area (TPSA) is 169 Å². The van der Waals surface area contributed by atoms with Gasteiger partial charge in [0, 0.05) is 74.4 Å². The molecule has 2 fully saturated rings. The van der Waals surface area contributed by atoms with E-state index in [0.717, 1.165) is 36.6 Å². The lowest BCUT2D eigenvalue weighted by atomic mass is 9.80. The van der Waals surface area contributed by atoms with Crippen molar-refractivity contribution in [3.63, 3.8) is 0 Å². The predicted octanol–water partition coefficient (Wildman–Crippen LogP) is 9.30. The third-order valence-corrected chi connectivity index (χ3v) is 15.6. The van der Waals surface area contributed by atoms with Crippen LogP contribution in [0, 0.1) is 18.2 Å². The highest BCUT2D eigenvalue weighted by Gasteiger charge is 2.37. The van der Waals surface area contributed by atoms with Gasteiger partial charge in [-0.3, -0.25) is 4.90 Å². The molecule has 1 saturated heterocycles. The summed E-state index contributed by atoms with van der Waals surface area (Å²) in [4.78, 5) is 37.8. The number of hydrogen-bond donors (Lipinski definition) is 1. The number of piperazine rings is 1. The summed E-state index contributed by atoms with van der Waals surface area (Å²) in [5, 5.41) is 11.6. The molecule has 412 valence electrons. The van der Waals surface area contributed by atoms with Crippen molar-refractivity contribution < 1.29 is 56.6 Å². The number of aliphatic carboxylic acids is 1. The van der Waals surface area contributed by atoms with Crippen LogP contribution < -0.4 is 14.2 Å². The van der Waals surface area contributed by atoms with E-state index >= 15 is 4.39 Å². The molecule has 5 heterocycles. The molecular formula is C57H67ClF2N6O10S. The van der Waals surface area contributed by atoms with Gasteiger partial charge in [0.1, 0.15) is 59.3 Å². The van der Waals surface area contributed by atoms with Crippen molar-refractivity contribution >= 4 is 44.7 Å². The lowest BCUT2D eigenvalue weighted by Crippen LogP contribution is -2.48. The van der Waals surface area contributed by atoms with Crippen LogP contribution in [0.25, 0.3) is 26.2 Å². The van der Waals surface area contributed by atoms with Gasteiger partial charge in [-0.25, -0.2) is 33.5 Å². The summed E-state index contributed by atoms with van der Waals surface area (Å²) >= 11 is 8.64. The summed E-state index contributed by atoms with van der Waals surface area (Å²) in [5.41, 5.74) is 2.29. The minimum atomic E-state index is -1.49.